The van der Waals surface area contributed by atoms with E-state index in [1.54, 1.807) is 14.2 Å². The second kappa shape index (κ2) is 7.27. The zero-order chi connectivity index (χ0) is 13.5. The first-order chi connectivity index (χ1) is 8.62. The summed E-state index contributed by atoms with van der Waals surface area (Å²) in [6, 6.07) is 6.91. The lowest BCUT2D eigenvalue weighted by atomic mass is 10.1. The summed E-state index contributed by atoms with van der Waals surface area (Å²) in [4.78, 5) is 0. The average Bonchev–Trinajstić information content (AvgIpc) is 2.38. The van der Waals surface area contributed by atoms with E-state index in [1.807, 2.05) is 12.1 Å². The van der Waals surface area contributed by atoms with Crippen molar-refractivity contribution in [3.05, 3.63) is 23.8 Å². The van der Waals surface area contributed by atoms with Gasteiger partial charge in [0, 0.05) is 12.1 Å². The molecule has 2 unspecified atom stereocenters. The van der Waals surface area contributed by atoms with Crippen molar-refractivity contribution in [2.24, 2.45) is 0 Å². The molecule has 1 N–H and O–H groups in total. The van der Waals surface area contributed by atoms with Gasteiger partial charge in [-0.1, -0.05) is 19.4 Å². The molecule has 0 radical (unpaired) electrons. The van der Waals surface area contributed by atoms with E-state index in [2.05, 4.69) is 32.2 Å². The molecule has 102 valence electrons. The molecule has 1 rings (SSSR count). The highest BCUT2D eigenvalue weighted by molar-refractivity contribution is 5.43. The van der Waals surface area contributed by atoms with Crippen LogP contribution in [-0.4, -0.2) is 20.3 Å². The molecule has 1 aromatic rings. The quantitative estimate of drug-likeness (QED) is 0.804. The van der Waals surface area contributed by atoms with E-state index >= 15 is 0 Å². The normalized spacial score (nSPS) is 14.1. The van der Waals surface area contributed by atoms with Gasteiger partial charge in [-0.25, -0.2) is 0 Å². The molecule has 3 nitrogen and oxygen atoms in total. The Bertz CT molecular complexity index is 366. The van der Waals surface area contributed by atoms with Crippen molar-refractivity contribution in [3.8, 4) is 11.5 Å². The highest BCUT2D eigenvalue weighted by atomic mass is 16.5. The van der Waals surface area contributed by atoms with Gasteiger partial charge in [-0.05, 0) is 38.0 Å². The molecule has 0 bridgehead atoms. The second-order valence-corrected chi connectivity index (χ2v) is 4.69. The summed E-state index contributed by atoms with van der Waals surface area (Å²) in [5, 5.41) is 3.59. The second-order valence-electron chi connectivity index (χ2n) is 4.69. The fraction of sp³-hybridized carbons (Fsp3) is 0.600. The lowest BCUT2D eigenvalue weighted by Gasteiger charge is -2.21. The van der Waals surface area contributed by atoms with Crippen molar-refractivity contribution in [1.82, 2.24) is 5.32 Å². The van der Waals surface area contributed by atoms with E-state index in [9.17, 15) is 0 Å². The fourth-order valence-corrected chi connectivity index (χ4v) is 2.16. The van der Waals surface area contributed by atoms with Crippen LogP contribution in [0.4, 0.5) is 0 Å². The van der Waals surface area contributed by atoms with Crippen LogP contribution < -0.4 is 14.8 Å². The Kier molecular flexibility index (Phi) is 5.99. The van der Waals surface area contributed by atoms with E-state index in [0.29, 0.717) is 12.1 Å². The first kappa shape index (κ1) is 14.8. The molecule has 0 amide bonds. The van der Waals surface area contributed by atoms with Crippen LogP contribution in [0.25, 0.3) is 0 Å². The average molecular weight is 251 g/mol. The highest BCUT2D eigenvalue weighted by Gasteiger charge is 2.11. The van der Waals surface area contributed by atoms with Crippen LogP contribution in [0.15, 0.2) is 18.2 Å². The maximum Gasteiger partial charge on any atom is 0.161 e. The minimum atomic E-state index is 0.311. The number of methoxy groups -OCH3 is 2. The molecule has 3 heteroatoms. The van der Waals surface area contributed by atoms with Crippen LogP contribution in [0.3, 0.4) is 0 Å². The summed E-state index contributed by atoms with van der Waals surface area (Å²) in [5.74, 6) is 1.56. The van der Waals surface area contributed by atoms with Crippen LogP contribution in [0.5, 0.6) is 11.5 Å². The largest absolute Gasteiger partial charge is 0.493 e. The molecule has 0 saturated heterocycles. The van der Waals surface area contributed by atoms with E-state index in [0.717, 1.165) is 11.5 Å². The van der Waals surface area contributed by atoms with Crippen LogP contribution >= 0.6 is 0 Å². The van der Waals surface area contributed by atoms with Gasteiger partial charge in [-0.15, -0.1) is 0 Å². The van der Waals surface area contributed by atoms with E-state index < -0.39 is 0 Å². The first-order valence-electron chi connectivity index (χ1n) is 6.60. The molecule has 0 aromatic heterocycles. The van der Waals surface area contributed by atoms with Gasteiger partial charge in [0.1, 0.15) is 0 Å². The Morgan fingerprint density at radius 1 is 1.11 bits per heavy atom. The minimum Gasteiger partial charge on any atom is -0.493 e. The third-order valence-electron chi connectivity index (χ3n) is 3.16. The summed E-state index contributed by atoms with van der Waals surface area (Å²) in [6.45, 7) is 6.60. The third kappa shape index (κ3) is 3.91. The predicted molar refractivity (Wildman–Crippen MR) is 75.5 cm³/mol. The lowest BCUT2D eigenvalue weighted by Crippen LogP contribution is -2.28. The number of nitrogens with one attached hydrogen (secondary N) is 1. The lowest BCUT2D eigenvalue weighted by molar-refractivity contribution is 0.353. The molecule has 0 aliphatic heterocycles. The van der Waals surface area contributed by atoms with Gasteiger partial charge in [0.25, 0.3) is 0 Å². The highest BCUT2D eigenvalue weighted by Crippen LogP contribution is 2.30. The summed E-state index contributed by atoms with van der Waals surface area (Å²) < 4.78 is 10.6. The molecule has 0 spiro atoms. The van der Waals surface area contributed by atoms with Gasteiger partial charge in [0.05, 0.1) is 14.2 Å². The van der Waals surface area contributed by atoms with Gasteiger partial charge in [0.15, 0.2) is 11.5 Å². The minimum absolute atomic E-state index is 0.311. The molecule has 0 saturated carbocycles. The smallest absolute Gasteiger partial charge is 0.161 e. The standard InChI is InChI=1S/C15H25NO2/c1-6-7-11(2)16-12(3)13-8-9-14(17-4)15(10-13)18-5/h8-12,16H,6-7H2,1-5H3. The van der Waals surface area contributed by atoms with Gasteiger partial charge in [0.2, 0.25) is 0 Å². The van der Waals surface area contributed by atoms with Crippen LogP contribution in [-0.2, 0) is 0 Å². The molecule has 1 aromatic carbocycles. The fourth-order valence-electron chi connectivity index (χ4n) is 2.16. The Balaban J connectivity index is 2.76. The van der Waals surface area contributed by atoms with Gasteiger partial charge >= 0.3 is 0 Å². The topological polar surface area (TPSA) is 30.5 Å². The summed E-state index contributed by atoms with van der Waals surface area (Å²) in [7, 11) is 3.32. The molecule has 0 aliphatic rings. The van der Waals surface area contributed by atoms with Crippen molar-refractivity contribution < 1.29 is 9.47 Å². The van der Waals surface area contributed by atoms with Crippen molar-refractivity contribution >= 4 is 0 Å². The summed E-state index contributed by atoms with van der Waals surface area (Å²) >= 11 is 0. The van der Waals surface area contributed by atoms with Gasteiger partial charge in [-0.3, -0.25) is 0 Å². The number of hydrogen-bond acceptors (Lipinski definition) is 3. The Labute approximate surface area is 110 Å². The molecule has 0 aliphatic carbocycles. The van der Waals surface area contributed by atoms with Crippen molar-refractivity contribution in [3.63, 3.8) is 0 Å². The third-order valence-corrected chi connectivity index (χ3v) is 3.16. The van der Waals surface area contributed by atoms with Crippen LogP contribution in [0.2, 0.25) is 0 Å². The maximum absolute atomic E-state index is 5.33. The van der Waals surface area contributed by atoms with Gasteiger partial charge in [-0.2, -0.15) is 0 Å². The molecule has 2 atom stereocenters. The summed E-state index contributed by atoms with van der Waals surface area (Å²) in [6.07, 6.45) is 2.39. The van der Waals surface area contributed by atoms with Gasteiger partial charge < -0.3 is 14.8 Å². The zero-order valence-electron chi connectivity index (χ0n) is 12.1. The number of rotatable bonds is 7. The van der Waals surface area contributed by atoms with Crippen LogP contribution in [0, 0.1) is 0 Å². The SMILES string of the molecule is CCCC(C)NC(C)c1ccc(OC)c(OC)c1. The van der Waals surface area contributed by atoms with E-state index in [-0.39, 0.29) is 0 Å². The zero-order valence-corrected chi connectivity index (χ0v) is 12.1. The molecule has 0 fully saturated rings. The van der Waals surface area contributed by atoms with E-state index in [4.69, 9.17) is 9.47 Å². The Morgan fingerprint density at radius 3 is 2.33 bits per heavy atom. The van der Waals surface area contributed by atoms with Crippen molar-refractivity contribution in [2.75, 3.05) is 14.2 Å². The predicted octanol–water partition coefficient (Wildman–Crippen LogP) is 3.54. The summed E-state index contributed by atoms with van der Waals surface area (Å²) in [5.41, 5.74) is 1.22. The van der Waals surface area contributed by atoms with Crippen molar-refractivity contribution in [2.45, 2.75) is 45.7 Å². The number of benzene rings is 1. The van der Waals surface area contributed by atoms with E-state index in [1.165, 1.54) is 18.4 Å². The number of ether oxygens (including phenoxy) is 2. The molecule has 18 heavy (non-hydrogen) atoms. The Morgan fingerprint density at radius 2 is 1.78 bits per heavy atom. The van der Waals surface area contributed by atoms with Crippen molar-refractivity contribution in [1.29, 1.82) is 0 Å². The molecule has 0 heterocycles. The molecular weight excluding hydrogens is 226 g/mol. The first-order valence-corrected chi connectivity index (χ1v) is 6.60. The molecular formula is C15H25NO2. The monoisotopic (exact) mass is 251 g/mol. The number of hydrogen-bond donors (Lipinski definition) is 1. The maximum atomic E-state index is 5.33. The Hall–Kier alpha value is -1.22. The van der Waals surface area contributed by atoms with Crippen LogP contribution in [0.1, 0.15) is 45.2 Å².